The van der Waals surface area contributed by atoms with E-state index in [2.05, 4.69) is 5.32 Å². The summed E-state index contributed by atoms with van der Waals surface area (Å²) in [5, 5.41) is 3.13. The molecular formula is C17H26N2O2. The number of nitrogens with one attached hydrogen (secondary N) is 1. The maximum absolute atomic E-state index is 13.2. The predicted octanol–water partition coefficient (Wildman–Crippen LogP) is 2.08. The molecule has 3 saturated carbocycles. The van der Waals surface area contributed by atoms with Crippen LogP contribution in [0, 0.1) is 17.8 Å². The van der Waals surface area contributed by atoms with Gasteiger partial charge in [0, 0.05) is 6.54 Å². The van der Waals surface area contributed by atoms with E-state index >= 15 is 0 Å². The van der Waals surface area contributed by atoms with Crippen LogP contribution in [0.2, 0.25) is 0 Å². The fraction of sp³-hybridized carbons (Fsp3) is 0.882. The lowest BCUT2D eigenvalue weighted by Gasteiger charge is -2.52. The standard InChI is InChI=1S/C17H26N2O2/c1-16(12-6-7-12)15(21)19(10-11-4-3-5-11)17(2,13-8-9-13)14(20)18-16/h11-13H,3-10H2,1-2H3,(H,18,20). The highest BCUT2D eigenvalue weighted by Crippen LogP contribution is 2.50. The lowest BCUT2D eigenvalue weighted by molar-refractivity contribution is -0.165. The lowest BCUT2D eigenvalue weighted by atomic mass is 9.78. The van der Waals surface area contributed by atoms with E-state index in [1.165, 1.54) is 19.3 Å². The second-order valence-electron chi connectivity index (χ2n) is 8.07. The van der Waals surface area contributed by atoms with Crippen LogP contribution in [0.15, 0.2) is 0 Å². The third kappa shape index (κ3) is 1.87. The summed E-state index contributed by atoms with van der Waals surface area (Å²) < 4.78 is 0. The number of hydrogen-bond acceptors (Lipinski definition) is 2. The van der Waals surface area contributed by atoms with Crippen molar-refractivity contribution >= 4 is 11.8 Å². The largest absolute Gasteiger partial charge is 0.340 e. The van der Waals surface area contributed by atoms with E-state index in [0.29, 0.717) is 17.8 Å². The summed E-state index contributed by atoms with van der Waals surface area (Å²) in [5.41, 5.74) is -1.24. The van der Waals surface area contributed by atoms with Crippen LogP contribution in [0.3, 0.4) is 0 Å². The van der Waals surface area contributed by atoms with Gasteiger partial charge in [0.1, 0.15) is 11.1 Å². The Morgan fingerprint density at radius 1 is 1.05 bits per heavy atom. The van der Waals surface area contributed by atoms with Crippen LogP contribution in [-0.4, -0.2) is 34.3 Å². The smallest absolute Gasteiger partial charge is 0.249 e. The lowest BCUT2D eigenvalue weighted by Crippen LogP contribution is -2.76. The van der Waals surface area contributed by atoms with Crippen LogP contribution in [0.5, 0.6) is 0 Å². The van der Waals surface area contributed by atoms with Crippen LogP contribution in [0.25, 0.3) is 0 Å². The molecule has 2 atom stereocenters. The van der Waals surface area contributed by atoms with Crippen molar-refractivity contribution in [3.05, 3.63) is 0 Å². The number of hydrogen-bond donors (Lipinski definition) is 1. The van der Waals surface area contributed by atoms with Crippen molar-refractivity contribution in [2.45, 2.75) is 69.9 Å². The average Bonchev–Trinajstić information content (AvgIpc) is 3.26. The predicted molar refractivity (Wildman–Crippen MR) is 79.5 cm³/mol. The molecule has 0 spiro atoms. The molecule has 116 valence electrons. The first kappa shape index (κ1) is 13.6. The molecule has 1 N–H and O–H groups in total. The second kappa shape index (κ2) is 4.23. The van der Waals surface area contributed by atoms with Crippen molar-refractivity contribution in [1.82, 2.24) is 10.2 Å². The van der Waals surface area contributed by atoms with E-state index < -0.39 is 11.1 Å². The van der Waals surface area contributed by atoms with Crippen LogP contribution >= 0.6 is 0 Å². The first-order valence-corrected chi connectivity index (χ1v) is 8.61. The molecular weight excluding hydrogens is 264 g/mol. The first-order valence-electron chi connectivity index (χ1n) is 8.61. The molecule has 1 heterocycles. The van der Waals surface area contributed by atoms with Gasteiger partial charge in [-0.25, -0.2) is 0 Å². The zero-order valence-corrected chi connectivity index (χ0v) is 13.2. The van der Waals surface area contributed by atoms with Crippen molar-refractivity contribution in [1.29, 1.82) is 0 Å². The summed E-state index contributed by atoms with van der Waals surface area (Å²) in [6.45, 7) is 4.75. The molecule has 4 fully saturated rings. The van der Waals surface area contributed by atoms with Gasteiger partial charge >= 0.3 is 0 Å². The molecule has 2 unspecified atom stereocenters. The fourth-order valence-electron chi connectivity index (χ4n) is 4.22. The molecule has 4 nitrogen and oxygen atoms in total. The zero-order chi connectivity index (χ0) is 14.8. The molecule has 1 aliphatic heterocycles. The van der Waals surface area contributed by atoms with E-state index in [-0.39, 0.29) is 11.8 Å². The minimum atomic E-state index is -0.644. The molecule has 0 aromatic rings. The van der Waals surface area contributed by atoms with Crippen molar-refractivity contribution < 1.29 is 9.59 Å². The van der Waals surface area contributed by atoms with Gasteiger partial charge in [-0.1, -0.05) is 6.42 Å². The SMILES string of the molecule is CC1(C2CC2)NC(=O)C(C)(C2CC2)N(CC2CCC2)C1=O. The quantitative estimate of drug-likeness (QED) is 0.862. The van der Waals surface area contributed by atoms with Gasteiger partial charge in [-0.15, -0.1) is 0 Å². The van der Waals surface area contributed by atoms with Gasteiger partial charge in [-0.2, -0.15) is 0 Å². The molecule has 0 bridgehead atoms. The third-order valence-electron chi connectivity index (χ3n) is 6.51. The maximum Gasteiger partial charge on any atom is 0.249 e. The Morgan fingerprint density at radius 2 is 1.67 bits per heavy atom. The molecule has 1 saturated heterocycles. The number of piperazine rings is 1. The summed E-state index contributed by atoms with van der Waals surface area (Å²) in [6.07, 6.45) is 8.01. The van der Waals surface area contributed by atoms with Gasteiger partial charge in [0.25, 0.3) is 0 Å². The molecule has 4 rings (SSSR count). The summed E-state index contributed by atoms with van der Waals surface area (Å²) in [6, 6.07) is 0. The Kier molecular flexibility index (Phi) is 2.74. The minimum absolute atomic E-state index is 0.0957. The average molecular weight is 290 g/mol. The summed E-state index contributed by atoms with van der Waals surface area (Å²) in [5.74, 6) is 1.61. The molecule has 3 aliphatic carbocycles. The van der Waals surface area contributed by atoms with Crippen molar-refractivity contribution in [3.8, 4) is 0 Å². The Balaban J connectivity index is 1.67. The van der Waals surface area contributed by atoms with Crippen LogP contribution < -0.4 is 5.32 Å². The Bertz CT molecular complexity index is 493. The molecule has 21 heavy (non-hydrogen) atoms. The van der Waals surface area contributed by atoms with E-state index in [0.717, 1.165) is 32.2 Å². The van der Waals surface area contributed by atoms with E-state index in [1.54, 1.807) is 0 Å². The summed E-state index contributed by atoms with van der Waals surface area (Å²) in [4.78, 5) is 28.1. The van der Waals surface area contributed by atoms with E-state index in [1.807, 2.05) is 18.7 Å². The van der Waals surface area contributed by atoms with Crippen molar-refractivity contribution in [2.75, 3.05) is 6.54 Å². The number of carbonyl (C=O) groups excluding carboxylic acids is 2. The molecule has 0 aromatic heterocycles. The van der Waals surface area contributed by atoms with E-state index in [9.17, 15) is 9.59 Å². The van der Waals surface area contributed by atoms with Crippen molar-refractivity contribution in [2.24, 2.45) is 17.8 Å². The minimum Gasteiger partial charge on any atom is -0.340 e. The molecule has 4 heteroatoms. The van der Waals surface area contributed by atoms with Crippen LogP contribution in [-0.2, 0) is 9.59 Å². The Labute approximate surface area is 126 Å². The number of nitrogens with zero attached hydrogens (tertiary/aromatic N) is 1. The highest BCUT2D eigenvalue weighted by molar-refractivity contribution is 6.02. The van der Waals surface area contributed by atoms with Gasteiger partial charge in [-0.3, -0.25) is 9.59 Å². The van der Waals surface area contributed by atoms with Crippen molar-refractivity contribution in [3.63, 3.8) is 0 Å². The topological polar surface area (TPSA) is 49.4 Å². The van der Waals surface area contributed by atoms with Gasteiger partial charge < -0.3 is 10.2 Å². The molecule has 0 radical (unpaired) electrons. The molecule has 0 aromatic carbocycles. The number of amides is 2. The Hall–Kier alpha value is -1.06. The van der Waals surface area contributed by atoms with Gasteiger partial charge in [0.2, 0.25) is 11.8 Å². The number of rotatable bonds is 4. The molecule has 2 amide bonds. The van der Waals surface area contributed by atoms with Crippen LogP contribution in [0.1, 0.15) is 58.8 Å². The monoisotopic (exact) mass is 290 g/mol. The summed E-state index contributed by atoms with van der Waals surface area (Å²) >= 11 is 0. The normalized spacial score (nSPS) is 41.0. The fourth-order valence-corrected chi connectivity index (χ4v) is 4.22. The van der Waals surface area contributed by atoms with Gasteiger partial charge in [-0.05, 0) is 70.1 Å². The van der Waals surface area contributed by atoms with Gasteiger partial charge in [0.15, 0.2) is 0 Å². The number of carbonyl (C=O) groups is 2. The third-order valence-corrected chi connectivity index (χ3v) is 6.51. The van der Waals surface area contributed by atoms with Gasteiger partial charge in [0.05, 0.1) is 0 Å². The first-order chi connectivity index (χ1) is 9.96. The van der Waals surface area contributed by atoms with Crippen LogP contribution in [0.4, 0.5) is 0 Å². The summed E-state index contributed by atoms with van der Waals surface area (Å²) in [7, 11) is 0. The molecule has 4 aliphatic rings. The maximum atomic E-state index is 13.2. The highest BCUT2D eigenvalue weighted by atomic mass is 16.2. The second-order valence-corrected chi connectivity index (χ2v) is 8.07. The zero-order valence-electron chi connectivity index (χ0n) is 13.2. The highest BCUT2D eigenvalue weighted by Gasteiger charge is 2.63. The Morgan fingerprint density at radius 3 is 2.14 bits per heavy atom. The van der Waals surface area contributed by atoms with E-state index in [4.69, 9.17) is 0 Å².